The number of aliphatic hydroxyl groups excluding tert-OH is 1. The van der Waals surface area contributed by atoms with Gasteiger partial charge in [-0.05, 0) is 12.1 Å². The molecule has 0 fully saturated rings. The average Bonchev–Trinajstić information content (AvgIpc) is 2.69. The topological polar surface area (TPSA) is 62.0 Å². The van der Waals surface area contributed by atoms with Crippen molar-refractivity contribution in [3.63, 3.8) is 0 Å². The van der Waals surface area contributed by atoms with Crippen LogP contribution in [0.3, 0.4) is 0 Å². The zero-order chi connectivity index (χ0) is 18.4. The van der Waals surface area contributed by atoms with E-state index in [1.807, 2.05) is 0 Å². The van der Waals surface area contributed by atoms with E-state index in [1.54, 1.807) is 66.7 Å². The Labute approximate surface area is 150 Å². The summed E-state index contributed by atoms with van der Waals surface area (Å²) in [4.78, 5) is 12.8. The van der Waals surface area contributed by atoms with Crippen molar-refractivity contribution in [3.05, 3.63) is 108 Å². The Bertz CT molecular complexity index is 968. The number of rotatable bonds is 5. The van der Waals surface area contributed by atoms with Crippen LogP contribution in [0, 0.1) is 5.82 Å². The van der Waals surface area contributed by atoms with Crippen LogP contribution < -0.4 is 0 Å². The molecule has 3 rings (SSSR count). The molecule has 0 radical (unpaired) electrons. The molecule has 5 heteroatoms. The third kappa shape index (κ3) is 4.08. The van der Waals surface area contributed by atoms with Crippen LogP contribution in [-0.2, 0) is 0 Å². The lowest BCUT2D eigenvalue weighted by molar-refractivity contribution is 0.103. The number of hydrogen-bond donors (Lipinski definition) is 1. The van der Waals surface area contributed by atoms with Gasteiger partial charge in [0.25, 0.3) is 0 Å². The number of hydrogen-bond acceptors (Lipinski definition) is 4. The summed E-state index contributed by atoms with van der Waals surface area (Å²) in [5.74, 6) is -1.24. The van der Waals surface area contributed by atoms with Gasteiger partial charge in [-0.2, -0.15) is 5.11 Å². The lowest BCUT2D eigenvalue weighted by Crippen LogP contribution is -2.04. The van der Waals surface area contributed by atoms with Crippen LogP contribution in [-0.4, -0.2) is 10.9 Å². The van der Waals surface area contributed by atoms with Crippen molar-refractivity contribution >= 4 is 17.2 Å². The van der Waals surface area contributed by atoms with Crippen LogP contribution in [0.5, 0.6) is 0 Å². The summed E-state index contributed by atoms with van der Waals surface area (Å²) in [5, 5.41) is 18.4. The van der Waals surface area contributed by atoms with Crippen molar-refractivity contribution < 1.29 is 14.3 Å². The summed E-state index contributed by atoms with van der Waals surface area (Å²) >= 11 is 0. The highest BCUT2D eigenvalue weighted by Crippen LogP contribution is 2.23. The fourth-order valence-corrected chi connectivity index (χ4v) is 2.31. The van der Waals surface area contributed by atoms with Crippen molar-refractivity contribution in [3.8, 4) is 0 Å². The van der Waals surface area contributed by atoms with Gasteiger partial charge in [0.05, 0.1) is 5.69 Å². The number of carbonyl (C=O) groups excluding carboxylic acids is 1. The number of carbonyl (C=O) groups is 1. The van der Waals surface area contributed by atoms with E-state index >= 15 is 0 Å². The van der Waals surface area contributed by atoms with Gasteiger partial charge in [0.2, 0.25) is 5.78 Å². The first-order valence-electron chi connectivity index (χ1n) is 7.91. The molecule has 128 valence electrons. The molecule has 0 aliphatic heterocycles. The smallest absolute Gasteiger partial charge is 0.217 e. The van der Waals surface area contributed by atoms with E-state index in [9.17, 15) is 14.3 Å². The van der Waals surface area contributed by atoms with E-state index in [-0.39, 0.29) is 17.1 Å². The summed E-state index contributed by atoms with van der Waals surface area (Å²) in [7, 11) is 0. The van der Waals surface area contributed by atoms with Crippen molar-refractivity contribution in [2.75, 3.05) is 0 Å². The molecule has 0 spiro atoms. The number of ketones is 1. The minimum atomic E-state index is -0.480. The van der Waals surface area contributed by atoms with Crippen molar-refractivity contribution in [2.45, 2.75) is 0 Å². The molecular weight excluding hydrogens is 331 g/mol. The van der Waals surface area contributed by atoms with Gasteiger partial charge in [0.1, 0.15) is 5.82 Å². The highest BCUT2D eigenvalue weighted by atomic mass is 19.1. The number of benzene rings is 3. The minimum absolute atomic E-state index is 0.216. The molecule has 0 aromatic heterocycles. The first kappa shape index (κ1) is 17.2. The average molecular weight is 346 g/mol. The fourth-order valence-electron chi connectivity index (χ4n) is 2.31. The van der Waals surface area contributed by atoms with Gasteiger partial charge >= 0.3 is 0 Å². The van der Waals surface area contributed by atoms with E-state index < -0.39 is 11.6 Å². The van der Waals surface area contributed by atoms with Crippen LogP contribution in [0.2, 0.25) is 0 Å². The van der Waals surface area contributed by atoms with Gasteiger partial charge in [-0.25, -0.2) is 4.39 Å². The third-order valence-electron chi connectivity index (χ3n) is 3.60. The molecule has 4 nitrogen and oxygen atoms in total. The van der Waals surface area contributed by atoms with E-state index in [1.165, 1.54) is 18.2 Å². The maximum Gasteiger partial charge on any atom is 0.217 e. The van der Waals surface area contributed by atoms with Crippen LogP contribution in [0.25, 0.3) is 5.76 Å². The van der Waals surface area contributed by atoms with Crippen molar-refractivity contribution in [1.29, 1.82) is 0 Å². The van der Waals surface area contributed by atoms with E-state index in [0.717, 1.165) is 0 Å². The molecule has 0 amide bonds. The quantitative estimate of drug-likeness (QED) is 0.278. The highest BCUT2D eigenvalue weighted by Gasteiger charge is 2.18. The largest absolute Gasteiger partial charge is 0.505 e. The standard InChI is InChI=1S/C21H15FN2O2/c22-17-12-7-13-18(14-17)23-24-19(20(25)15-8-3-1-4-9-15)21(26)16-10-5-2-6-11-16/h1-14,25H/b20-19+,24-23?. The summed E-state index contributed by atoms with van der Waals surface area (Å²) in [6, 6.07) is 22.6. The lowest BCUT2D eigenvalue weighted by atomic mass is 10.1. The van der Waals surface area contributed by atoms with Crippen LogP contribution in [0.1, 0.15) is 15.9 Å². The first-order chi connectivity index (χ1) is 12.6. The molecule has 26 heavy (non-hydrogen) atoms. The summed E-state index contributed by atoms with van der Waals surface area (Å²) in [5.41, 5.74) is 0.823. The Morgan fingerprint density at radius 2 is 1.42 bits per heavy atom. The lowest BCUT2D eigenvalue weighted by Gasteiger charge is -2.06. The fraction of sp³-hybridized carbons (Fsp3) is 0. The zero-order valence-corrected chi connectivity index (χ0v) is 13.7. The SMILES string of the molecule is O=C(/C(N=Nc1cccc(F)c1)=C(\O)c1ccccc1)c1ccccc1. The second-order valence-corrected chi connectivity index (χ2v) is 5.44. The Hall–Kier alpha value is -3.60. The molecule has 0 bridgehead atoms. The van der Waals surface area contributed by atoms with Gasteiger partial charge in [0.15, 0.2) is 11.5 Å². The number of azo groups is 1. The first-order valence-corrected chi connectivity index (χ1v) is 7.91. The zero-order valence-electron chi connectivity index (χ0n) is 13.7. The Balaban J connectivity index is 2.06. The minimum Gasteiger partial charge on any atom is -0.505 e. The van der Waals surface area contributed by atoms with Crippen LogP contribution in [0.4, 0.5) is 10.1 Å². The van der Waals surface area contributed by atoms with Gasteiger partial charge in [0, 0.05) is 17.2 Å². The van der Waals surface area contributed by atoms with E-state index in [4.69, 9.17) is 0 Å². The second kappa shape index (κ2) is 7.98. The molecule has 1 N–H and O–H groups in total. The predicted molar refractivity (Wildman–Crippen MR) is 97.7 cm³/mol. The molecule has 0 aliphatic carbocycles. The molecule has 0 unspecified atom stereocenters. The number of aliphatic hydroxyl groups is 1. The molecule has 0 heterocycles. The summed E-state index contributed by atoms with van der Waals surface area (Å²) < 4.78 is 13.3. The van der Waals surface area contributed by atoms with Gasteiger partial charge < -0.3 is 5.11 Å². The Morgan fingerprint density at radius 3 is 2.04 bits per heavy atom. The maximum absolute atomic E-state index is 13.3. The monoisotopic (exact) mass is 346 g/mol. The maximum atomic E-state index is 13.3. The predicted octanol–water partition coefficient (Wildman–Crippen LogP) is 5.72. The van der Waals surface area contributed by atoms with Gasteiger partial charge in [-0.3, -0.25) is 4.79 Å². The van der Waals surface area contributed by atoms with Crippen molar-refractivity contribution in [2.24, 2.45) is 10.2 Å². The van der Waals surface area contributed by atoms with Gasteiger partial charge in [-0.15, -0.1) is 5.11 Å². The number of allylic oxidation sites excluding steroid dienone is 1. The molecule has 0 atom stereocenters. The van der Waals surface area contributed by atoms with E-state index in [0.29, 0.717) is 11.1 Å². The molecule has 3 aromatic carbocycles. The number of halogens is 1. The van der Waals surface area contributed by atoms with Crippen molar-refractivity contribution in [1.82, 2.24) is 0 Å². The summed E-state index contributed by atoms with van der Waals surface area (Å²) in [6.45, 7) is 0. The molecule has 0 aliphatic rings. The third-order valence-corrected chi connectivity index (χ3v) is 3.60. The Kier molecular flexibility index (Phi) is 5.29. The Morgan fingerprint density at radius 1 is 0.808 bits per heavy atom. The summed E-state index contributed by atoms with van der Waals surface area (Å²) in [6.07, 6.45) is 0. The van der Waals surface area contributed by atoms with E-state index in [2.05, 4.69) is 10.2 Å². The van der Waals surface area contributed by atoms with Gasteiger partial charge in [-0.1, -0.05) is 66.7 Å². The highest BCUT2D eigenvalue weighted by molar-refractivity contribution is 6.12. The van der Waals surface area contributed by atoms with Crippen LogP contribution in [0.15, 0.2) is 101 Å². The second-order valence-electron chi connectivity index (χ2n) is 5.44. The number of Topliss-reactive ketones (excluding diaryl/α,β-unsaturated/α-hetero) is 1. The molecule has 0 saturated carbocycles. The molecule has 3 aromatic rings. The van der Waals surface area contributed by atoms with Crippen LogP contribution >= 0.6 is 0 Å². The normalized spacial score (nSPS) is 12.0. The molecular formula is C21H15FN2O2. The molecule has 0 saturated heterocycles. The number of nitrogens with zero attached hydrogens (tertiary/aromatic N) is 2.